The van der Waals surface area contributed by atoms with Crippen LogP contribution in [0.15, 0.2) is 17.5 Å². The summed E-state index contributed by atoms with van der Waals surface area (Å²) in [6, 6.07) is 0. The molecule has 0 aliphatic heterocycles. The van der Waals surface area contributed by atoms with Crippen LogP contribution in [0.25, 0.3) is 0 Å². The summed E-state index contributed by atoms with van der Waals surface area (Å²) in [6.07, 6.45) is 2.90. The summed E-state index contributed by atoms with van der Waals surface area (Å²) in [5, 5.41) is 19.3. The van der Waals surface area contributed by atoms with E-state index >= 15 is 0 Å². The van der Waals surface area contributed by atoms with Crippen LogP contribution in [0.1, 0.15) is 20.8 Å². The first-order valence-electron chi connectivity index (χ1n) is 5.45. The van der Waals surface area contributed by atoms with Crippen LogP contribution in [0.4, 0.5) is 0 Å². The van der Waals surface area contributed by atoms with E-state index in [0.29, 0.717) is 5.02 Å². The second kappa shape index (κ2) is 5.39. The Bertz CT molecular complexity index is 462. The van der Waals surface area contributed by atoms with Crippen LogP contribution in [0.2, 0.25) is 5.02 Å². The Balaban J connectivity index is 3.23. The van der Waals surface area contributed by atoms with E-state index in [9.17, 15) is 10.0 Å². The Hall–Kier alpha value is -1.56. The summed E-state index contributed by atoms with van der Waals surface area (Å²) in [5.74, 6) is -0.765. The van der Waals surface area contributed by atoms with Gasteiger partial charge in [0.25, 0.3) is 0 Å². The Morgan fingerprint density at radius 2 is 2.22 bits per heavy atom. The molecule has 0 bridgehead atoms. The van der Waals surface area contributed by atoms with Crippen molar-refractivity contribution in [2.24, 2.45) is 16.5 Å². The molecule has 100 valence electrons. The number of aromatic nitrogens is 2. The monoisotopic (exact) mass is 272 g/mol. The summed E-state index contributed by atoms with van der Waals surface area (Å²) in [4.78, 5) is 12.0. The minimum Gasteiger partial charge on any atom is -0.409 e. The molecule has 1 atom stereocenters. The van der Waals surface area contributed by atoms with Gasteiger partial charge in [-0.15, -0.1) is 0 Å². The van der Waals surface area contributed by atoms with E-state index in [1.807, 2.05) is 20.8 Å². The predicted octanol–water partition coefficient (Wildman–Crippen LogP) is 1.58. The van der Waals surface area contributed by atoms with Crippen molar-refractivity contribution >= 4 is 23.3 Å². The average molecular weight is 273 g/mol. The molecule has 1 unspecified atom stereocenters. The first-order valence-corrected chi connectivity index (χ1v) is 5.83. The van der Waals surface area contributed by atoms with Crippen molar-refractivity contribution in [1.82, 2.24) is 15.1 Å². The van der Waals surface area contributed by atoms with Crippen molar-refractivity contribution in [1.29, 1.82) is 0 Å². The average Bonchev–Trinajstić information content (AvgIpc) is 2.69. The molecular formula is C11H17ClN4O2. The topological polar surface area (TPSA) is 79.5 Å². The molecule has 1 rings (SSSR count). The van der Waals surface area contributed by atoms with E-state index < -0.39 is 11.3 Å². The van der Waals surface area contributed by atoms with Gasteiger partial charge in [-0.25, -0.2) is 4.68 Å². The molecule has 6 nitrogen and oxygen atoms in total. The molecule has 0 spiro atoms. The maximum atomic E-state index is 12.0. The largest absolute Gasteiger partial charge is 0.409 e. The number of hydrogen-bond donors (Lipinski definition) is 2. The fourth-order valence-corrected chi connectivity index (χ4v) is 1.84. The highest BCUT2D eigenvalue weighted by Crippen LogP contribution is 2.28. The van der Waals surface area contributed by atoms with Gasteiger partial charge in [0.1, 0.15) is 5.92 Å². The molecule has 0 radical (unpaired) electrons. The third-order valence-electron chi connectivity index (χ3n) is 2.52. The summed E-state index contributed by atoms with van der Waals surface area (Å²) in [5.41, 5.74) is -0.430. The zero-order chi connectivity index (χ0) is 13.9. The maximum absolute atomic E-state index is 12.0. The standard InChI is InChI=1S/C11H17ClN4O2/c1-11(2,3)8(10(17)13-4)9(15-18)16-6-7(12)5-14-16/h5-6,8,18H,1-4H3,(H,13,17). The molecule has 0 aromatic carbocycles. The normalized spacial score (nSPS) is 14.4. The SMILES string of the molecule is CNC(=O)C(C(=NO)n1cc(Cl)cn1)C(C)(C)C. The molecule has 1 aromatic rings. The minimum atomic E-state index is -0.650. The molecule has 0 saturated carbocycles. The van der Waals surface area contributed by atoms with Gasteiger partial charge < -0.3 is 10.5 Å². The summed E-state index contributed by atoms with van der Waals surface area (Å²) < 4.78 is 1.30. The lowest BCUT2D eigenvalue weighted by Crippen LogP contribution is -2.44. The number of carbonyl (C=O) groups is 1. The molecule has 0 aliphatic rings. The number of carbonyl (C=O) groups excluding carboxylic acids is 1. The third-order valence-corrected chi connectivity index (χ3v) is 2.72. The van der Waals surface area contributed by atoms with Crippen LogP contribution in [-0.4, -0.2) is 33.8 Å². The van der Waals surface area contributed by atoms with Gasteiger partial charge in [0.2, 0.25) is 5.91 Å². The van der Waals surface area contributed by atoms with E-state index in [1.54, 1.807) is 0 Å². The van der Waals surface area contributed by atoms with Gasteiger partial charge in [-0.1, -0.05) is 37.5 Å². The Morgan fingerprint density at radius 1 is 1.61 bits per heavy atom. The molecule has 1 heterocycles. The zero-order valence-electron chi connectivity index (χ0n) is 10.8. The molecule has 7 heteroatoms. The van der Waals surface area contributed by atoms with Crippen molar-refractivity contribution in [2.75, 3.05) is 7.05 Å². The fourth-order valence-electron chi connectivity index (χ4n) is 1.70. The van der Waals surface area contributed by atoms with Crippen molar-refractivity contribution in [3.05, 3.63) is 17.4 Å². The number of nitrogens with one attached hydrogen (secondary N) is 1. The van der Waals surface area contributed by atoms with Crippen LogP contribution in [0.3, 0.4) is 0 Å². The number of oxime groups is 1. The molecule has 0 aliphatic carbocycles. The highest BCUT2D eigenvalue weighted by molar-refractivity contribution is 6.30. The van der Waals surface area contributed by atoms with Gasteiger partial charge in [-0.2, -0.15) is 5.10 Å². The minimum absolute atomic E-state index is 0.133. The highest BCUT2D eigenvalue weighted by atomic mass is 35.5. The second-order valence-corrected chi connectivity index (χ2v) is 5.41. The number of hydrogen-bond acceptors (Lipinski definition) is 4. The predicted molar refractivity (Wildman–Crippen MR) is 68.9 cm³/mol. The number of halogens is 1. The maximum Gasteiger partial charge on any atom is 0.231 e. The molecule has 1 aromatic heterocycles. The lowest BCUT2D eigenvalue weighted by Gasteiger charge is -2.29. The lowest BCUT2D eigenvalue weighted by atomic mass is 9.79. The number of rotatable bonds is 2. The third kappa shape index (κ3) is 3.01. The van der Waals surface area contributed by atoms with Crippen molar-refractivity contribution < 1.29 is 10.0 Å². The van der Waals surface area contributed by atoms with E-state index in [1.165, 1.54) is 24.1 Å². The van der Waals surface area contributed by atoms with Gasteiger partial charge in [-0.05, 0) is 5.41 Å². The quantitative estimate of drug-likeness (QED) is 0.371. The second-order valence-electron chi connectivity index (χ2n) is 4.97. The molecule has 2 N–H and O–H groups in total. The molecular weight excluding hydrogens is 256 g/mol. The highest BCUT2D eigenvalue weighted by Gasteiger charge is 2.37. The Labute approximate surface area is 111 Å². The number of amides is 1. The van der Waals surface area contributed by atoms with Gasteiger partial charge in [0.05, 0.1) is 17.4 Å². The summed E-state index contributed by atoms with van der Waals surface area (Å²) in [6.45, 7) is 5.63. The Kier molecular flexibility index (Phi) is 4.34. The van der Waals surface area contributed by atoms with Crippen LogP contribution < -0.4 is 5.32 Å². The van der Waals surface area contributed by atoms with Crippen LogP contribution >= 0.6 is 11.6 Å². The molecule has 1 amide bonds. The van der Waals surface area contributed by atoms with Gasteiger partial charge in [0.15, 0.2) is 5.84 Å². The summed E-state index contributed by atoms with van der Waals surface area (Å²) in [7, 11) is 1.53. The van der Waals surface area contributed by atoms with Gasteiger partial charge >= 0.3 is 0 Å². The van der Waals surface area contributed by atoms with Crippen LogP contribution in [0, 0.1) is 11.3 Å². The van der Waals surface area contributed by atoms with E-state index in [2.05, 4.69) is 15.6 Å². The molecule has 0 fully saturated rings. The Morgan fingerprint density at radius 3 is 2.56 bits per heavy atom. The number of nitrogens with zero attached hydrogens (tertiary/aromatic N) is 3. The smallest absolute Gasteiger partial charge is 0.231 e. The van der Waals surface area contributed by atoms with Crippen molar-refractivity contribution in [2.45, 2.75) is 20.8 Å². The summed E-state index contributed by atoms with van der Waals surface area (Å²) >= 11 is 5.77. The molecule has 0 saturated heterocycles. The van der Waals surface area contributed by atoms with Gasteiger partial charge in [0, 0.05) is 7.05 Å². The van der Waals surface area contributed by atoms with E-state index in [-0.39, 0.29) is 11.7 Å². The van der Waals surface area contributed by atoms with Crippen LogP contribution in [0.5, 0.6) is 0 Å². The van der Waals surface area contributed by atoms with Crippen molar-refractivity contribution in [3.8, 4) is 0 Å². The van der Waals surface area contributed by atoms with Crippen LogP contribution in [-0.2, 0) is 4.79 Å². The fraction of sp³-hybridized carbons (Fsp3) is 0.545. The first kappa shape index (κ1) is 14.5. The van der Waals surface area contributed by atoms with Crippen molar-refractivity contribution in [3.63, 3.8) is 0 Å². The van der Waals surface area contributed by atoms with E-state index in [0.717, 1.165) is 0 Å². The first-order chi connectivity index (χ1) is 8.31. The van der Waals surface area contributed by atoms with E-state index in [4.69, 9.17) is 11.6 Å². The zero-order valence-corrected chi connectivity index (χ0v) is 11.6. The lowest BCUT2D eigenvalue weighted by molar-refractivity contribution is -0.125. The van der Waals surface area contributed by atoms with Gasteiger partial charge in [-0.3, -0.25) is 4.79 Å². The molecule has 18 heavy (non-hydrogen) atoms.